The Labute approximate surface area is 118 Å². The maximum absolute atomic E-state index is 5.50. The normalized spacial score (nSPS) is 15.7. The molecule has 0 aliphatic carbocycles. The Bertz CT molecular complexity index is 339. The van der Waals surface area contributed by atoms with E-state index in [2.05, 4.69) is 29.2 Å². The van der Waals surface area contributed by atoms with Crippen molar-refractivity contribution >= 4 is 5.69 Å². The van der Waals surface area contributed by atoms with E-state index in [1.807, 2.05) is 0 Å². The SMILES string of the molecule is NCCCCCCc1ccc(N2CCCCC2)cc1. The summed E-state index contributed by atoms with van der Waals surface area (Å²) in [6.07, 6.45) is 10.4. The Morgan fingerprint density at radius 2 is 1.53 bits per heavy atom. The van der Waals surface area contributed by atoms with Gasteiger partial charge in [-0.2, -0.15) is 0 Å². The second kappa shape index (κ2) is 8.21. The third-order valence-corrected chi connectivity index (χ3v) is 4.08. The average molecular weight is 260 g/mol. The summed E-state index contributed by atoms with van der Waals surface area (Å²) >= 11 is 0. The van der Waals surface area contributed by atoms with Gasteiger partial charge in [-0.05, 0) is 62.8 Å². The lowest BCUT2D eigenvalue weighted by Crippen LogP contribution is -2.29. The molecule has 1 aromatic carbocycles. The molecule has 0 amide bonds. The highest BCUT2D eigenvalue weighted by Crippen LogP contribution is 2.20. The number of aryl methyl sites for hydroxylation is 1. The van der Waals surface area contributed by atoms with Crippen LogP contribution in [0.3, 0.4) is 0 Å². The van der Waals surface area contributed by atoms with Crippen LogP contribution in [0, 0.1) is 0 Å². The van der Waals surface area contributed by atoms with Crippen molar-refractivity contribution in [3.8, 4) is 0 Å². The second-order valence-electron chi connectivity index (χ2n) is 5.67. The molecule has 0 atom stereocenters. The number of anilines is 1. The molecule has 1 saturated heterocycles. The molecule has 106 valence electrons. The van der Waals surface area contributed by atoms with Crippen molar-refractivity contribution in [2.45, 2.75) is 51.4 Å². The Hall–Kier alpha value is -1.02. The van der Waals surface area contributed by atoms with Gasteiger partial charge < -0.3 is 10.6 Å². The Kier molecular flexibility index (Phi) is 6.22. The molecule has 0 radical (unpaired) electrons. The van der Waals surface area contributed by atoms with Crippen molar-refractivity contribution in [2.24, 2.45) is 5.73 Å². The van der Waals surface area contributed by atoms with Gasteiger partial charge in [0, 0.05) is 18.8 Å². The number of rotatable bonds is 7. The number of unbranched alkanes of at least 4 members (excludes halogenated alkanes) is 3. The summed E-state index contributed by atoms with van der Waals surface area (Å²) < 4.78 is 0. The van der Waals surface area contributed by atoms with E-state index in [0.717, 1.165) is 6.54 Å². The van der Waals surface area contributed by atoms with Crippen molar-refractivity contribution < 1.29 is 0 Å². The van der Waals surface area contributed by atoms with Crippen LogP contribution in [0.15, 0.2) is 24.3 Å². The summed E-state index contributed by atoms with van der Waals surface area (Å²) in [5.41, 5.74) is 8.39. The molecule has 1 aliphatic heterocycles. The van der Waals surface area contributed by atoms with Crippen LogP contribution in [0.4, 0.5) is 5.69 Å². The summed E-state index contributed by atoms with van der Waals surface area (Å²) in [7, 11) is 0. The van der Waals surface area contributed by atoms with Crippen molar-refractivity contribution in [2.75, 3.05) is 24.5 Å². The molecular weight excluding hydrogens is 232 g/mol. The number of hydrogen-bond acceptors (Lipinski definition) is 2. The lowest BCUT2D eigenvalue weighted by Gasteiger charge is -2.28. The van der Waals surface area contributed by atoms with E-state index < -0.39 is 0 Å². The molecular formula is C17H28N2. The molecule has 0 spiro atoms. The molecule has 0 unspecified atom stereocenters. The molecule has 19 heavy (non-hydrogen) atoms. The molecule has 2 N–H and O–H groups in total. The van der Waals surface area contributed by atoms with Crippen LogP contribution in [0.5, 0.6) is 0 Å². The summed E-state index contributed by atoms with van der Waals surface area (Å²) in [4.78, 5) is 2.52. The Morgan fingerprint density at radius 1 is 0.842 bits per heavy atom. The average Bonchev–Trinajstić information content (AvgIpc) is 2.49. The minimum absolute atomic E-state index is 0.838. The lowest BCUT2D eigenvalue weighted by atomic mass is 10.0. The van der Waals surface area contributed by atoms with E-state index in [4.69, 9.17) is 5.73 Å². The first-order valence-corrected chi connectivity index (χ1v) is 7.94. The van der Waals surface area contributed by atoms with Gasteiger partial charge in [0.1, 0.15) is 0 Å². The number of nitrogens with two attached hydrogens (primary N) is 1. The van der Waals surface area contributed by atoms with E-state index >= 15 is 0 Å². The standard InChI is InChI=1S/C17H28N2/c18-13-5-2-1-4-8-16-9-11-17(12-10-16)19-14-6-3-7-15-19/h9-12H,1-8,13-15,18H2. The maximum atomic E-state index is 5.50. The van der Waals surface area contributed by atoms with Crippen LogP contribution in [0.2, 0.25) is 0 Å². The van der Waals surface area contributed by atoms with E-state index in [9.17, 15) is 0 Å². The van der Waals surface area contributed by atoms with Crippen LogP contribution in [-0.2, 0) is 6.42 Å². The number of piperidine rings is 1. The fourth-order valence-corrected chi connectivity index (χ4v) is 2.85. The highest BCUT2D eigenvalue weighted by atomic mass is 15.1. The molecule has 0 bridgehead atoms. The first-order chi connectivity index (χ1) is 9.40. The largest absolute Gasteiger partial charge is 0.372 e. The lowest BCUT2D eigenvalue weighted by molar-refractivity contribution is 0.578. The molecule has 1 heterocycles. The quantitative estimate of drug-likeness (QED) is 0.757. The highest BCUT2D eigenvalue weighted by Gasteiger charge is 2.10. The van der Waals surface area contributed by atoms with Crippen LogP contribution in [0.1, 0.15) is 50.5 Å². The molecule has 0 aromatic heterocycles. The van der Waals surface area contributed by atoms with Gasteiger partial charge in [0.15, 0.2) is 0 Å². The monoisotopic (exact) mass is 260 g/mol. The van der Waals surface area contributed by atoms with Gasteiger partial charge in [-0.3, -0.25) is 0 Å². The van der Waals surface area contributed by atoms with Gasteiger partial charge in [-0.1, -0.05) is 25.0 Å². The van der Waals surface area contributed by atoms with Gasteiger partial charge >= 0.3 is 0 Å². The van der Waals surface area contributed by atoms with Crippen molar-refractivity contribution in [3.05, 3.63) is 29.8 Å². The van der Waals surface area contributed by atoms with Crippen LogP contribution in [-0.4, -0.2) is 19.6 Å². The van der Waals surface area contributed by atoms with E-state index in [1.54, 1.807) is 0 Å². The first-order valence-electron chi connectivity index (χ1n) is 7.94. The summed E-state index contributed by atoms with van der Waals surface area (Å²) in [6, 6.07) is 9.24. The third kappa shape index (κ3) is 4.87. The molecule has 2 nitrogen and oxygen atoms in total. The fraction of sp³-hybridized carbons (Fsp3) is 0.647. The minimum Gasteiger partial charge on any atom is -0.372 e. The Balaban J connectivity index is 1.74. The van der Waals surface area contributed by atoms with E-state index in [0.29, 0.717) is 0 Å². The number of benzene rings is 1. The predicted octanol–water partition coefficient (Wildman–Crippen LogP) is 3.74. The summed E-state index contributed by atoms with van der Waals surface area (Å²) in [6.45, 7) is 3.31. The maximum Gasteiger partial charge on any atom is 0.0366 e. The molecule has 1 fully saturated rings. The van der Waals surface area contributed by atoms with Crippen molar-refractivity contribution in [3.63, 3.8) is 0 Å². The smallest absolute Gasteiger partial charge is 0.0366 e. The molecule has 0 saturated carbocycles. The summed E-state index contributed by atoms with van der Waals surface area (Å²) in [5.74, 6) is 0. The Morgan fingerprint density at radius 3 is 2.21 bits per heavy atom. The van der Waals surface area contributed by atoms with Gasteiger partial charge in [-0.25, -0.2) is 0 Å². The van der Waals surface area contributed by atoms with Crippen LogP contribution < -0.4 is 10.6 Å². The fourth-order valence-electron chi connectivity index (χ4n) is 2.85. The summed E-state index contributed by atoms with van der Waals surface area (Å²) in [5, 5.41) is 0. The highest BCUT2D eigenvalue weighted by molar-refractivity contribution is 5.47. The van der Waals surface area contributed by atoms with E-state index in [1.165, 1.54) is 75.7 Å². The van der Waals surface area contributed by atoms with Crippen molar-refractivity contribution in [1.82, 2.24) is 0 Å². The van der Waals surface area contributed by atoms with E-state index in [-0.39, 0.29) is 0 Å². The molecule has 2 heteroatoms. The van der Waals surface area contributed by atoms with Gasteiger partial charge in [0.25, 0.3) is 0 Å². The molecule has 2 rings (SSSR count). The van der Waals surface area contributed by atoms with Gasteiger partial charge in [0.2, 0.25) is 0 Å². The number of hydrogen-bond donors (Lipinski definition) is 1. The van der Waals surface area contributed by atoms with Crippen LogP contribution >= 0.6 is 0 Å². The zero-order chi connectivity index (χ0) is 13.3. The van der Waals surface area contributed by atoms with Crippen molar-refractivity contribution in [1.29, 1.82) is 0 Å². The van der Waals surface area contributed by atoms with Crippen LogP contribution in [0.25, 0.3) is 0 Å². The van der Waals surface area contributed by atoms with Gasteiger partial charge in [0.05, 0.1) is 0 Å². The zero-order valence-corrected chi connectivity index (χ0v) is 12.1. The third-order valence-electron chi connectivity index (χ3n) is 4.08. The minimum atomic E-state index is 0.838. The molecule has 1 aliphatic rings. The molecule has 1 aromatic rings. The zero-order valence-electron chi connectivity index (χ0n) is 12.1. The predicted molar refractivity (Wildman–Crippen MR) is 83.7 cm³/mol. The topological polar surface area (TPSA) is 29.3 Å². The second-order valence-corrected chi connectivity index (χ2v) is 5.67. The number of nitrogens with zero attached hydrogens (tertiary/aromatic N) is 1. The van der Waals surface area contributed by atoms with Gasteiger partial charge in [-0.15, -0.1) is 0 Å². The first kappa shape index (κ1) is 14.4.